The van der Waals surface area contributed by atoms with E-state index in [1.807, 2.05) is 17.9 Å². The van der Waals surface area contributed by atoms with Gasteiger partial charge in [0.1, 0.15) is 0 Å². The van der Waals surface area contributed by atoms with Crippen LogP contribution in [-0.4, -0.2) is 64.5 Å². The van der Waals surface area contributed by atoms with Crippen LogP contribution < -0.4 is 0 Å². The van der Waals surface area contributed by atoms with Crippen LogP contribution in [0.1, 0.15) is 17.5 Å². The highest BCUT2D eigenvalue weighted by Gasteiger charge is 2.38. The van der Waals surface area contributed by atoms with Crippen LogP contribution in [0.3, 0.4) is 0 Å². The van der Waals surface area contributed by atoms with Gasteiger partial charge in [-0.3, -0.25) is 14.5 Å². The predicted molar refractivity (Wildman–Crippen MR) is 98.3 cm³/mol. The van der Waals surface area contributed by atoms with Gasteiger partial charge in [0.2, 0.25) is 0 Å². The largest absolute Gasteiger partial charge is 0.379 e. The molecule has 25 heavy (non-hydrogen) atoms. The standard InChI is InChI=1S/C20H28N4O/c1-22-15-18(14-21-22)16-24-8-7-19(23-9-11-25-12-10-23)20(24)13-17-5-3-2-4-6-17/h2-6,14-15,19-20H,7-13,16H2,1H3/t19-,20+/m1/s1. The minimum Gasteiger partial charge on any atom is -0.379 e. The Morgan fingerprint density at radius 2 is 1.88 bits per heavy atom. The van der Waals surface area contributed by atoms with Gasteiger partial charge in [0.05, 0.1) is 19.4 Å². The molecule has 0 spiro atoms. The molecule has 4 rings (SSSR count). The van der Waals surface area contributed by atoms with E-state index in [-0.39, 0.29) is 0 Å². The van der Waals surface area contributed by atoms with Crippen LogP contribution in [0.25, 0.3) is 0 Å². The lowest BCUT2D eigenvalue weighted by atomic mass is 9.98. The fraction of sp³-hybridized carbons (Fsp3) is 0.550. The number of hydrogen-bond acceptors (Lipinski definition) is 4. The molecule has 0 saturated carbocycles. The molecule has 2 saturated heterocycles. The third-order valence-corrected chi connectivity index (χ3v) is 5.57. The Kier molecular flexibility index (Phi) is 5.15. The van der Waals surface area contributed by atoms with Crippen molar-refractivity contribution in [2.24, 2.45) is 7.05 Å². The summed E-state index contributed by atoms with van der Waals surface area (Å²) < 4.78 is 7.47. The average molecular weight is 340 g/mol. The van der Waals surface area contributed by atoms with Gasteiger partial charge in [0.15, 0.2) is 0 Å². The van der Waals surface area contributed by atoms with E-state index < -0.39 is 0 Å². The van der Waals surface area contributed by atoms with Crippen molar-refractivity contribution in [3.63, 3.8) is 0 Å². The Morgan fingerprint density at radius 1 is 1.08 bits per heavy atom. The molecule has 2 aliphatic heterocycles. The third kappa shape index (κ3) is 3.94. The van der Waals surface area contributed by atoms with Crippen molar-refractivity contribution in [2.45, 2.75) is 31.5 Å². The summed E-state index contributed by atoms with van der Waals surface area (Å²) in [6, 6.07) is 12.1. The first kappa shape index (κ1) is 16.8. The van der Waals surface area contributed by atoms with Crippen LogP contribution in [0, 0.1) is 0 Å². The van der Waals surface area contributed by atoms with Crippen LogP contribution in [0.2, 0.25) is 0 Å². The number of morpholine rings is 1. The van der Waals surface area contributed by atoms with E-state index in [0.717, 1.165) is 45.8 Å². The van der Waals surface area contributed by atoms with Crippen LogP contribution in [0.15, 0.2) is 42.7 Å². The van der Waals surface area contributed by atoms with E-state index >= 15 is 0 Å². The molecule has 2 atom stereocenters. The van der Waals surface area contributed by atoms with Gasteiger partial charge >= 0.3 is 0 Å². The maximum atomic E-state index is 5.57. The first-order valence-electron chi connectivity index (χ1n) is 9.37. The quantitative estimate of drug-likeness (QED) is 0.833. The molecule has 2 aromatic rings. The van der Waals surface area contributed by atoms with Crippen molar-refractivity contribution in [3.05, 3.63) is 53.9 Å². The number of ether oxygens (including phenoxy) is 1. The summed E-state index contributed by atoms with van der Waals surface area (Å²) in [5.41, 5.74) is 2.74. The van der Waals surface area contributed by atoms with Gasteiger partial charge in [-0.15, -0.1) is 0 Å². The molecule has 3 heterocycles. The molecule has 0 bridgehead atoms. The zero-order valence-corrected chi connectivity index (χ0v) is 15.1. The van der Waals surface area contributed by atoms with E-state index in [0.29, 0.717) is 12.1 Å². The Labute approximate surface area is 150 Å². The topological polar surface area (TPSA) is 33.5 Å². The van der Waals surface area contributed by atoms with Crippen LogP contribution in [0.4, 0.5) is 0 Å². The van der Waals surface area contributed by atoms with Crippen molar-refractivity contribution >= 4 is 0 Å². The predicted octanol–water partition coefficient (Wildman–Crippen LogP) is 1.94. The van der Waals surface area contributed by atoms with Crippen molar-refractivity contribution in [2.75, 3.05) is 32.8 Å². The van der Waals surface area contributed by atoms with Gasteiger partial charge in [0.25, 0.3) is 0 Å². The number of aromatic nitrogens is 2. The van der Waals surface area contributed by atoms with Gasteiger partial charge < -0.3 is 4.74 Å². The Morgan fingerprint density at radius 3 is 2.60 bits per heavy atom. The molecule has 1 aromatic heterocycles. The smallest absolute Gasteiger partial charge is 0.0594 e. The number of benzene rings is 1. The normalized spacial score (nSPS) is 25.5. The maximum Gasteiger partial charge on any atom is 0.0594 e. The van der Waals surface area contributed by atoms with Gasteiger partial charge in [-0.2, -0.15) is 5.10 Å². The van der Waals surface area contributed by atoms with Crippen LogP contribution in [0.5, 0.6) is 0 Å². The minimum absolute atomic E-state index is 0.556. The molecule has 0 unspecified atom stereocenters. The van der Waals surface area contributed by atoms with Crippen molar-refractivity contribution in [3.8, 4) is 0 Å². The summed E-state index contributed by atoms with van der Waals surface area (Å²) in [4.78, 5) is 5.31. The fourth-order valence-corrected chi connectivity index (χ4v) is 4.34. The zero-order valence-electron chi connectivity index (χ0n) is 15.1. The highest BCUT2D eigenvalue weighted by molar-refractivity contribution is 5.18. The first-order valence-corrected chi connectivity index (χ1v) is 9.37. The zero-order chi connectivity index (χ0) is 17.1. The highest BCUT2D eigenvalue weighted by Crippen LogP contribution is 2.28. The first-order chi connectivity index (χ1) is 12.3. The Hall–Kier alpha value is -1.69. The average Bonchev–Trinajstić information content (AvgIpc) is 3.23. The van der Waals surface area contributed by atoms with Crippen LogP contribution >= 0.6 is 0 Å². The van der Waals surface area contributed by atoms with Gasteiger partial charge in [-0.05, 0) is 18.4 Å². The Bertz CT molecular complexity index is 665. The summed E-state index contributed by atoms with van der Waals surface area (Å²) in [6.07, 6.45) is 6.50. The van der Waals surface area contributed by atoms with Gasteiger partial charge in [-0.1, -0.05) is 30.3 Å². The van der Waals surface area contributed by atoms with E-state index in [1.54, 1.807) is 0 Å². The second-order valence-electron chi connectivity index (χ2n) is 7.25. The molecule has 2 aliphatic rings. The lowest BCUT2D eigenvalue weighted by molar-refractivity contribution is 0.00789. The van der Waals surface area contributed by atoms with E-state index in [9.17, 15) is 0 Å². The second-order valence-corrected chi connectivity index (χ2v) is 7.25. The molecule has 2 fully saturated rings. The molecule has 1 aromatic carbocycles. The van der Waals surface area contributed by atoms with Crippen molar-refractivity contribution < 1.29 is 4.74 Å². The minimum atomic E-state index is 0.556. The van der Waals surface area contributed by atoms with Crippen molar-refractivity contribution in [1.29, 1.82) is 0 Å². The number of nitrogens with zero attached hydrogens (tertiary/aromatic N) is 4. The summed E-state index contributed by atoms with van der Waals surface area (Å²) in [6.45, 7) is 6.03. The molecule has 0 N–H and O–H groups in total. The number of aryl methyl sites for hydroxylation is 1. The molecule has 5 heteroatoms. The van der Waals surface area contributed by atoms with Gasteiger partial charge in [0, 0.05) is 57.1 Å². The molecular formula is C20H28N4O. The van der Waals surface area contributed by atoms with Crippen molar-refractivity contribution in [1.82, 2.24) is 19.6 Å². The number of hydrogen-bond donors (Lipinski definition) is 0. The summed E-state index contributed by atoms with van der Waals surface area (Å²) >= 11 is 0. The lowest BCUT2D eigenvalue weighted by Gasteiger charge is -2.37. The second kappa shape index (κ2) is 7.68. The molecule has 0 amide bonds. The Balaban J connectivity index is 1.52. The molecular weight excluding hydrogens is 312 g/mol. The molecule has 5 nitrogen and oxygen atoms in total. The monoisotopic (exact) mass is 340 g/mol. The lowest BCUT2D eigenvalue weighted by Crippen LogP contribution is -2.50. The molecule has 0 radical (unpaired) electrons. The summed E-state index contributed by atoms with van der Waals surface area (Å²) in [7, 11) is 1.99. The molecule has 0 aliphatic carbocycles. The van der Waals surface area contributed by atoms with Gasteiger partial charge in [-0.25, -0.2) is 0 Å². The van der Waals surface area contributed by atoms with E-state index in [1.165, 1.54) is 17.5 Å². The van der Waals surface area contributed by atoms with E-state index in [2.05, 4.69) is 51.4 Å². The number of likely N-dealkylation sites (tertiary alicyclic amines) is 1. The van der Waals surface area contributed by atoms with E-state index in [4.69, 9.17) is 4.74 Å². The highest BCUT2D eigenvalue weighted by atomic mass is 16.5. The summed E-state index contributed by atoms with van der Waals surface area (Å²) in [5, 5.41) is 4.34. The fourth-order valence-electron chi connectivity index (χ4n) is 4.34. The number of rotatable bonds is 5. The molecule has 134 valence electrons. The summed E-state index contributed by atoms with van der Waals surface area (Å²) in [5.74, 6) is 0. The SMILES string of the molecule is Cn1cc(CN2CC[C@@H](N3CCOCC3)[C@@H]2Cc2ccccc2)cn1. The third-order valence-electron chi connectivity index (χ3n) is 5.57. The van der Waals surface area contributed by atoms with Crippen LogP contribution in [-0.2, 0) is 24.8 Å². The maximum absolute atomic E-state index is 5.57.